The van der Waals surface area contributed by atoms with Gasteiger partial charge in [-0.15, -0.1) is 0 Å². The van der Waals surface area contributed by atoms with Gasteiger partial charge in [0.15, 0.2) is 0 Å². The molecule has 1 aromatic carbocycles. The Morgan fingerprint density at radius 3 is 2.07 bits per heavy atom. The molecular formula is C10H10O5. The van der Waals surface area contributed by atoms with Crippen molar-refractivity contribution in [1.82, 2.24) is 0 Å². The van der Waals surface area contributed by atoms with Crippen molar-refractivity contribution in [3.63, 3.8) is 0 Å². The van der Waals surface area contributed by atoms with Gasteiger partial charge in [0, 0.05) is 0 Å². The predicted molar refractivity (Wildman–Crippen MR) is 50.7 cm³/mol. The fourth-order valence-electron chi connectivity index (χ4n) is 1.23. The van der Waals surface area contributed by atoms with Gasteiger partial charge in [0.1, 0.15) is 5.75 Å². The number of phenolic OH excluding ortho intramolecular Hbond substituents is 1. The smallest absolute Gasteiger partial charge is 0.311 e. The third kappa shape index (κ3) is 2.98. The van der Waals surface area contributed by atoms with E-state index in [9.17, 15) is 9.59 Å². The molecule has 5 nitrogen and oxygen atoms in total. The number of aromatic hydroxyl groups is 1. The van der Waals surface area contributed by atoms with Crippen LogP contribution in [0.25, 0.3) is 0 Å². The van der Waals surface area contributed by atoms with Crippen LogP contribution >= 0.6 is 0 Å². The van der Waals surface area contributed by atoms with Crippen LogP contribution in [0.1, 0.15) is 17.9 Å². The highest BCUT2D eigenvalue weighted by Gasteiger charge is 2.22. The minimum Gasteiger partial charge on any atom is -0.508 e. The maximum absolute atomic E-state index is 10.8. The van der Waals surface area contributed by atoms with E-state index in [-0.39, 0.29) is 5.75 Å². The van der Waals surface area contributed by atoms with E-state index in [1.165, 1.54) is 24.3 Å². The summed E-state index contributed by atoms with van der Waals surface area (Å²) in [5, 5.41) is 26.4. The largest absolute Gasteiger partial charge is 0.508 e. The summed E-state index contributed by atoms with van der Waals surface area (Å²) in [7, 11) is 0. The van der Waals surface area contributed by atoms with E-state index >= 15 is 0 Å². The first-order valence-electron chi connectivity index (χ1n) is 4.24. The molecule has 1 aromatic rings. The van der Waals surface area contributed by atoms with Gasteiger partial charge in [0.2, 0.25) is 0 Å². The van der Waals surface area contributed by atoms with E-state index in [1.807, 2.05) is 0 Å². The molecule has 0 heterocycles. The average molecular weight is 210 g/mol. The zero-order valence-corrected chi connectivity index (χ0v) is 7.75. The summed E-state index contributed by atoms with van der Waals surface area (Å²) < 4.78 is 0. The van der Waals surface area contributed by atoms with E-state index in [0.717, 1.165) is 0 Å². The Bertz CT molecular complexity index is 368. The van der Waals surface area contributed by atoms with Crippen molar-refractivity contribution in [1.29, 1.82) is 0 Å². The number of phenols is 1. The topological polar surface area (TPSA) is 94.8 Å². The van der Waals surface area contributed by atoms with E-state index in [4.69, 9.17) is 15.3 Å². The summed E-state index contributed by atoms with van der Waals surface area (Å²) in [6.45, 7) is 0. The van der Waals surface area contributed by atoms with E-state index < -0.39 is 24.3 Å². The van der Waals surface area contributed by atoms with Gasteiger partial charge in [-0.25, -0.2) is 0 Å². The number of hydrogen-bond donors (Lipinski definition) is 3. The SMILES string of the molecule is O=C(O)C[C@@H](C(=O)O)c1ccc(O)cc1. The Labute approximate surface area is 85.6 Å². The first kappa shape index (κ1) is 11.0. The normalized spacial score (nSPS) is 12.0. The van der Waals surface area contributed by atoms with Crippen molar-refractivity contribution < 1.29 is 24.9 Å². The van der Waals surface area contributed by atoms with Crippen molar-refractivity contribution in [3.05, 3.63) is 29.8 Å². The Kier molecular flexibility index (Phi) is 3.28. The highest BCUT2D eigenvalue weighted by molar-refractivity contribution is 5.82. The summed E-state index contributed by atoms with van der Waals surface area (Å²) in [5.41, 5.74) is 0.364. The number of rotatable bonds is 4. The van der Waals surface area contributed by atoms with E-state index in [0.29, 0.717) is 5.56 Å². The number of benzene rings is 1. The van der Waals surface area contributed by atoms with Crippen LogP contribution in [-0.4, -0.2) is 27.3 Å². The number of carbonyl (C=O) groups is 2. The van der Waals surface area contributed by atoms with Crippen LogP contribution < -0.4 is 0 Å². The molecular weight excluding hydrogens is 200 g/mol. The number of aliphatic carboxylic acids is 2. The molecule has 1 rings (SSSR count). The molecule has 0 radical (unpaired) electrons. The molecule has 0 saturated heterocycles. The van der Waals surface area contributed by atoms with Gasteiger partial charge in [-0.05, 0) is 17.7 Å². The minimum atomic E-state index is -1.19. The molecule has 1 atom stereocenters. The van der Waals surface area contributed by atoms with Gasteiger partial charge in [0.25, 0.3) is 0 Å². The van der Waals surface area contributed by atoms with Crippen molar-refractivity contribution in [3.8, 4) is 5.75 Å². The lowest BCUT2D eigenvalue weighted by atomic mass is 9.96. The molecule has 0 amide bonds. The Hall–Kier alpha value is -2.04. The fourth-order valence-corrected chi connectivity index (χ4v) is 1.23. The number of hydrogen-bond acceptors (Lipinski definition) is 3. The Morgan fingerprint density at radius 1 is 1.13 bits per heavy atom. The molecule has 0 fully saturated rings. The Morgan fingerprint density at radius 2 is 1.67 bits per heavy atom. The van der Waals surface area contributed by atoms with Gasteiger partial charge in [-0.3, -0.25) is 9.59 Å². The van der Waals surface area contributed by atoms with Crippen LogP contribution in [0.15, 0.2) is 24.3 Å². The fraction of sp³-hybridized carbons (Fsp3) is 0.200. The molecule has 0 aliphatic rings. The maximum Gasteiger partial charge on any atom is 0.311 e. The quantitative estimate of drug-likeness (QED) is 0.690. The second-order valence-electron chi connectivity index (χ2n) is 3.08. The molecule has 0 aromatic heterocycles. The van der Waals surface area contributed by atoms with Crippen LogP contribution in [0.5, 0.6) is 5.75 Å². The van der Waals surface area contributed by atoms with Gasteiger partial charge < -0.3 is 15.3 Å². The van der Waals surface area contributed by atoms with Crippen LogP contribution in [0, 0.1) is 0 Å². The Balaban J connectivity index is 2.94. The summed E-state index contributed by atoms with van der Waals surface area (Å²) in [6, 6.07) is 5.45. The maximum atomic E-state index is 10.8. The molecule has 0 spiro atoms. The lowest BCUT2D eigenvalue weighted by molar-refractivity contribution is -0.145. The second-order valence-corrected chi connectivity index (χ2v) is 3.08. The molecule has 0 unspecified atom stereocenters. The third-order valence-electron chi connectivity index (χ3n) is 1.97. The van der Waals surface area contributed by atoms with Gasteiger partial charge in [-0.1, -0.05) is 12.1 Å². The van der Waals surface area contributed by atoms with E-state index in [2.05, 4.69) is 0 Å². The molecule has 0 aliphatic heterocycles. The molecule has 3 N–H and O–H groups in total. The molecule has 0 saturated carbocycles. The van der Waals surface area contributed by atoms with E-state index in [1.54, 1.807) is 0 Å². The summed E-state index contributed by atoms with van der Waals surface area (Å²) in [5.74, 6) is -3.43. The van der Waals surface area contributed by atoms with Crippen LogP contribution in [-0.2, 0) is 9.59 Å². The highest BCUT2D eigenvalue weighted by atomic mass is 16.4. The molecule has 0 aliphatic carbocycles. The first-order chi connectivity index (χ1) is 7.00. The standard InChI is InChI=1S/C10H10O5/c11-7-3-1-6(2-4-7)8(10(14)15)5-9(12)13/h1-4,8,11H,5H2,(H,12,13)(H,14,15)/t8-/m1/s1. The molecule has 5 heteroatoms. The lowest BCUT2D eigenvalue weighted by Crippen LogP contribution is -2.15. The van der Waals surface area contributed by atoms with Crippen molar-refractivity contribution in [2.24, 2.45) is 0 Å². The molecule has 15 heavy (non-hydrogen) atoms. The van der Waals surface area contributed by atoms with Crippen molar-refractivity contribution >= 4 is 11.9 Å². The molecule has 0 bridgehead atoms. The summed E-state index contributed by atoms with van der Waals surface area (Å²) in [6.07, 6.45) is -0.472. The highest BCUT2D eigenvalue weighted by Crippen LogP contribution is 2.22. The summed E-state index contributed by atoms with van der Waals surface area (Å²) in [4.78, 5) is 21.2. The first-order valence-corrected chi connectivity index (χ1v) is 4.24. The average Bonchev–Trinajstić information content (AvgIpc) is 2.15. The second kappa shape index (κ2) is 4.45. The minimum absolute atomic E-state index is 0.0122. The number of carboxylic acids is 2. The third-order valence-corrected chi connectivity index (χ3v) is 1.97. The predicted octanol–water partition coefficient (Wildman–Crippen LogP) is 1.04. The van der Waals surface area contributed by atoms with Gasteiger partial charge >= 0.3 is 11.9 Å². The van der Waals surface area contributed by atoms with Gasteiger partial charge in [-0.2, -0.15) is 0 Å². The summed E-state index contributed by atoms with van der Waals surface area (Å²) >= 11 is 0. The monoisotopic (exact) mass is 210 g/mol. The lowest BCUT2D eigenvalue weighted by Gasteiger charge is -2.09. The van der Waals surface area contributed by atoms with Gasteiger partial charge in [0.05, 0.1) is 12.3 Å². The van der Waals surface area contributed by atoms with Crippen LogP contribution in [0.3, 0.4) is 0 Å². The zero-order valence-electron chi connectivity index (χ0n) is 7.75. The number of carboxylic acid groups (broad SMARTS) is 2. The van der Waals surface area contributed by atoms with Crippen LogP contribution in [0.2, 0.25) is 0 Å². The van der Waals surface area contributed by atoms with Crippen molar-refractivity contribution in [2.45, 2.75) is 12.3 Å². The van der Waals surface area contributed by atoms with Crippen molar-refractivity contribution in [2.75, 3.05) is 0 Å². The molecule has 80 valence electrons. The zero-order chi connectivity index (χ0) is 11.4. The van der Waals surface area contributed by atoms with Crippen LogP contribution in [0.4, 0.5) is 0 Å².